The van der Waals surface area contributed by atoms with E-state index in [4.69, 9.17) is 11.6 Å². The summed E-state index contributed by atoms with van der Waals surface area (Å²) in [6.07, 6.45) is 2.28. The van der Waals surface area contributed by atoms with Crippen molar-refractivity contribution in [3.8, 4) is 0 Å². The molecule has 1 N–H and O–H groups in total. The number of urea groups is 1. The Labute approximate surface area is 113 Å². The number of hydrogen-bond acceptors (Lipinski definition) is 1. The maximum absolute atomic E-state index is 12.1. The summed E-state index contributed by atoms with van der Waals surface area (Å²) >= 11 is 6.11. The molecule has 0 radical (unpaired) electrons. The number of hydrogen-bond donors (Lipinski definition) is 1. The zero-order valence-electron chi connectivity index (χ0n) is 10.9. The van der Waals surface area contributed by atoms with Crippen LogP contribution in [0.4, 0.5) is 10.5 Å². The van der Waals surface area contributed by atoms with Gasteiger partial charge in [-0.05, 0) is 43.4 Å². The Kier molecular flexibility index (Phi) is 4.12. The summed E-state index contributed by atoms with van der Waals surface area (Å²) in [6.45, 7) is 5.82. The quantitative estimate of drug-likeness (QED) is 0.821. The minimum absolute atomic E-state index is 0.0488. The maximum Gasteiger partial charge on any atom is 0.321 e. The van der Waals surface area contributed by atoms with E-state index in [-0.39, 0.29) is 6.03 Å². The third kappa shape index (κ3) is 3.16. The molecule has 98 valence electrons. The van der Waals surface area contributed by atoms with Crippen LogP contribution in [-0.2, 0) is 0 Å². The molecule has 2 amide bonds. The Balaban J connectivity index is 2.02. The number of aryl methyl sites for hydroxylation is 1. The fourth-order valence-corrected chi connectivity index (χ4v) is 2.57. The Morgan fingerprint density at radius 3 is 2.94 bits per heavy atom. The number of carbonyl (C=O) groups excluding carboxylic acids is 1. The molecule has 1 saturated heterocycles. The summed E-state index contributed by atoms with van der Waals surface area (Å²) in [5.41, 5.74) is 1.77. The predicted molar refractivity (Wildman–Crippen MR) is 75.2 cm³/mol. The third-order valence-electron chi connectivity index (χ3n) is 3.31. The van der Waals surface area contributed by atoms with Gasteiger partial charge in [-0.3, -0.25) is 0 Å². The highest BCUT2D eigenvalue weighted by molar-refractivity contribution is 6.33. The molecule has 1 unspecified atom stereocenters. The van der Waals surface area contributed by atoms with Gasteiger partial charge < -0.3 is 10.2 Å². The van der Waals surface area contributed by atoms with Crippen molar-refractivity contribution < 1.29 is 4.79 Å². The number of amides is 2. The molecule has 0 saturated carbocycles. The first-order chi connectivity index (χ1) is 8.56. The highest BCUT2D eigenvalue weighted by Crippen LogP contribution is 2.24. The molecule has 0 aromatic heterocycles. The molecule has 1 fully saturated rings. The molecule has 1 aliphatic heterocycles. The van der Waals surface area contributed by atoms with Gasteiger partial charge in [0.15, 0.2) is 0 Å². The van der Waals surface area contributed by atoms with Gasteiger partial charge in [-0.2, -0.15) is 0 Å². The first kappa shape index (κ1) is 13.2. The summed E-state index contributed by atoms with van der Waals surface area (Å²) < 4.78 is 0. The van der Waals surface area contributed by atoms with Crippen molar-refractivity contribution in [2.45, 2.75) is 26.7 Å². The lowest BCUT2D eigenvalue weighted by atomic mass is 10.0. The summed E-state index contributed by atoms with van der Waals surface area (Å²) in [6, 6.07) is 5.60. The summed E-state index contributed by atoms with van der Waals surface area (Å²) in [5.74, 6) is 0.581. The molecular formula is C14H19ClN2O. The van der Waals surface area contributed by atoms with Crippen molar-refractivity contribution in [2.75, 3.05) is 18.4 Å². The Morgan fingerprint density at radius 2 is 2.28 bits per heavy atom. The van der Waals surface area contributed by atoms with Crippen LogP contribution in [0, 0.1) is 12.8 Å². The van der Waals surface area contributed by atoms with Gasteiger partial charge in [-0.1, -0.05) is 24.6 Å². The van der Waals surface area contributed by atoms with Gasteiger partial charge in [0.25, 0.3) is 0 Å². The van der Waals surface area contributed by atoms with E-state index in [1.165, 1.54) is 6.42 Å². The van der Waals surface area contributed by atoms with Crippen molar-refractivity contribution in [1.82, 2.24) is 4.90 Å². The molecule has 1 heterocycles. The average Bonchev–Trinajstić information content (AvgIpc) is 2.32. The topological polar surface area (TPSA) is 32.3 Å². The van der Waals surface area contributed by atoms with Gasteiger partial charge in [-0.25, -0.2) is 4.79 Å². The van der Waals surface area contributed by atoms with Crippen molar-refractivity contribution in [1.29, 1.82) is 0 Å². The van der Waals surface area contributed by atoms with Crippen LogP contribution in [-0.4, -0.2) is 24.0 Å². The van der Waals surface area contributed by atoms with Gasteiger partial charge >= 0.3 is 6.03 Å². The molecule has 4 heteroatoms. The molecule has 0 bridgehead atoms. The van der Waals surface area contributed by atoms with Crippen molar-refractivity contribution >= 4 is 23.3 Å². The summed E-state index contributed by atoms with van der Waals surface area (Å²) in [5, 5.41) is 3.47. The Morgan fingerprint density at radius 1 is 1.50 bits per heavy atom. The van der Waals surface area contributed by atoms with Crippen molar-refractivity contribution in [3.63, 3.8) is 0 Å². The molecule has 3 nitrogen and oxygen atoms in total. The summed E-state index contributed by atoms with van der Waals surface area (Å²) in [4.78, 5) is 14.0. The van der Waals surface area contributed by atoms with Crippen LogP contribution in [0.1, 0.15) is 25.3 Å². The second kappa shape index (κ2) is 5.61. The first-order valence-electron chi connectivity index (χ1n) is 6.38. The van der Waals surface area contributed by atoms with Gasteiger partial charge in [0.2, 0.25) is 0 Å². The smallest absolute Gasteiger partial charge is 0.321 e. The van der Waals surface area contributed by atoms with Gasteiger partial charge in [0, 0.05) is 13.1 Å². The highest BCUT2D eigenvalue weighted by Gasteiger charge is 2.21. The van der Waals surface area contributed by atoms with E-state index in [0.29, 0.717) is 16.6 Å². The molecule has 2 rings (SSSR count). The second-order valence-electron chi connectivity index (χ2n) is 5.11. The fraction of sp³-hybridized carbons (Fsp3) is 0.500. The highest BCUT2D eigenvalue weighted by atomic mass is 35.5. The minimum Gasteiger partial charge on any atom is -0.324 e. The molecule has 1 aliphatic rings. The molecule has 1 atom stereocenters. The first-order valence-corrected chi connectivity index (χ1v) is 6.76. The van der Waals surface area contributed by atoms with E-state index in [9.17, 15) is 4.79 Å². The zero-order chi connectivity index (χ0) is 13.1. The lowest BCUT2D eigenvalue weighted by Gasteiger charge is -2.31. The normalized spacial score (nSPS) is 19.7. The van der Waals surface area contributed by atoms with Crippen molar-refractivity contribution in [3.05, 3.63) is 28.8 Å². The van der Waals surface area contributed by atoms with Crippen LogP contribution in [0.25, 0.3) is 0 Å². The van der Waals surface area contributed by atoms with Crippen LogP contribution in [0.2, 0.25) is 5.02 Å². The number of halogens is 1. The monoisotopic (exact) mass is 266 g/mol. The Hall–Kier alpha value is -1.22. The number of likely N-dealkylation sites (tertiary alicyclic amines) is 1. The number of piperidine rings is 1. The Bertz CT molecular complexity index is 447. The van der Waals surface area contributed by atoms with Gasteiger partial charge in [0.05, 0.1) is 10.7 Å². The van der Waals surface area contributed by atoms with Crippen LogP contribution >= 0.6 is 11.6 Å². The van der Waals surface area contributed by atoms with Crippen LogP contribution in [0.5, 0.6) is 0 Å². The van der Waals surface area contributed by atoms with Crippen LogP contribution in [0.15, 0.2) is 18.2 Å². The van der Waals surface area contributed by atoms with Gasteiger partial charge in [-0.15, -0.1) is 0 Å². The third-order valence-corrected chi connectivity index (χ3v) is 3.62. The number of rotatable bonds is 1. The molecule has 18 heavy (non-hydrogen) atoms. The number of carbonyl (C=O) groups is 1. The van der Waals surface area contributed by atoms with E-state index >= 15 is 0 Å². The fourth-order valence-electron chi connectivity index (χ4n) is 2.29. The number of anilines is 1. The van der Waals surface area contributed by atoms with E-state index in [2.05, 4.69) is 12.2 Å². The molecule has 0 aliphatic carbocycles. The largest absolute Gasteiger partial charge is 0.324 e. The van der Waals surface area contributed by atoms with E-state index in [1.54, 1.807) is 0 Å². The SMILES string of the molecule is Cc1ccc(NC(=O)N2CCCC(C)C2)c(Cl)c1. The van der Waals surface area contributed by atoms with E-state index in [1.807, 2.05) is 30.0 Å². The average molecular weight is 267 g/mol. The molecule has 1 aromatic rings. The molecular weight excluding hydrogens is 248 g/mol. The second-order valence-corrected chi connectivity index (χ2v) is 5.51. The van der Waals surface area contributed by atoms with Crippen LogP contribution in [0.3, 0.4) is 0 Å². The number of nitrogens with zero attached hydrogens (tertiary/aromatic N) is 1. The minimum atomic E-state index is -0.0488. The molecule has 0 spiro atoms. The van der Waals surface area contributed by atoms with Crippen molar-refractivity contribution in [2.24, 2.45) is 5.92 Å². The van der Waals surface area contributed by atoms with E-state index in [0.717, 1.165) is 25.1 Å². The lowest BCUT2D eigenvalue weighted by Crippen LogP contribution is -2.41. The lowest BCUT2D eigenvalue weighted by molar-refractivity contribution is 0.182. The maximum atomic E-state index is 12.1. The number of benzene rings is 1. The van der Waals surface area contributed by atoms with Crippen LogP contribution < -0.4 is 5.32 Å². The predicted octanol–water partition coefficient (Wildman–Crippen LogP) is 3.91. The van der Waals surface area contributed by atoms with E-state index < -0.39 is 0 Å². The number of nitrogens with one attached hydrogen (secondary N) is 1. The standard InChI is InChI=1S/C14H19ClN2O/c1-10-5-6-13(12(15)8-10)16-14(18)17-7-3-4-11(2)9-17/h5-6,8,11H,3-4,7,9H2,1-2H3,(H,16,18). The van der Waals surface area contributed by atoms with Gasteiger partial charge in [0.1, 0.15) is 0 Å². The molecule has 1 aromatic carbocycles. The summed E-state index contributed by atoms with van der Waals surface area (Å²) in [7, 11) is 0. The zero-order valence-corrected chi connectivity index (χ0v) is 11.6.